The molecule has 0 atom stereocenters. The first-order valence-electron chi connectivity index (χ1n) is 14.7. The van der Waals surface area contributed by atoms with Crippen LogP contribution in [0.25, 0.3) is 33.3 Å². The Morgan fingerprint density at radius 1 is 0.636 bits per heavy atom. The van der Waals surface area contributed by atoms with E-state index in [2.05, 4.69) is 98.6 Å². The lowest BCUT2D eigenvalue weighted by molar-refractivity contribution is 0.867. The fraction of sp³-hybridized carbons (Fsp3) is 0.222. The number of pyridine rings is 2. The molecule has 0 saturated carbocycles. The van der Waals surface area contributed by atoms with Crippen molar-refractivity contribution in [3.05, 3.63) is 108 Å². The van der Waals surface area contributed by atoms with E-state index in [4.69, 9.17) is 15.7 Å². The van der Waals surface area contributed by atoms with Gasteiger partial charge < -0.3 is 0 Å². The molecule has 0 aliphatic rings. The minimum absolute atomic E-state index is 0. The third-order valence-electron chi connectivity index (χ3n) is 7.28. The molecule has 0 N–H and O–H groups in total. The largest absolute Gasteiger partial charge is 0.240 e. The van der Waals surface area contributed by atoms with E-state index in [1.54, 1.807) is 33.8 Å². The third kappa shape index (κ3) is 6.61. The molecule has 0 saturated heterocycles. The van der Waals surface area contributed by atoms with E-state index in [9.17, 15) is 10.5 Å². The van der Waals surface area contributed by atoms with Crippen molar-refractivity contribution in [1.29, 1.82) is 10.5 Å². The van der Waals surface area contributed by atoms with Gasteiger partial charge in [0.1, 0.15) is 27.8 Å². The highest BCUT2D eigenvalue weighted by Crippen LogP contribution is 2.29. The Hall–Kier alpha value is -5.07. The van der Waals surface area contributed by atoms with Gasteiger partial charge in [0.25, 0.3) is 0 Å². The van der Waals surface area contributed by atoms with Gasteiger partial charge in [-0.05, 0) is 34.1 Å². The van der Waals surface area contributed by atoms with Crippen molar-refractivity contribution >= 4 is 37.7 Å². The first-order chi connectivity index (χ1) is 21.2. The standard InChI is InChI=1S/2C17H14BN3.C2H6.2H2/c2*1-11(2)12-3-5-13(6-4-12)16-7-15(18)10-21-17(16)14(8-19)9-20-21;1-2;;/h2*3-7,9-11H,1-2H3;1-2H3;2*1H/i;;;2*1+1. The molecular weight excluding hydrogens is 538 g/mol. The highest BCUT2D eigenvalue weighted by atomic mass is 15.2. The first-order valence-corrected chi connectivity index (χ1v) is 14.7. The summed E-state index contributed by atoms with van der Waals surface area (Å²) >= 11 is 0. The topological polar surface area (TPSA) is 82.2 Å². The van der Waals surface area contributed by atoms with E-state index in [1.165, 1.54) is 11.1 Å². The van der Waals surface area contributed by atoms with Crippen LogP contribution in [0.15, 0.2) is 85.5 Å². The molecule has 4 radical (unpaired) electrons. The molecule has 218 valence electrons. The summed E-state index contributed by atoms with van der Waals surface area (Å²) in [5.41, 5.74) is 10.4. The molecule has 0 aliphatic carbocycles. The fourth-order valence-electron chi connectivity index (χ4n) is 4.98. The lowest BCUT2D eigenvalue weighted by atomic mass is 9.92. The number of hydrogen-bond acceptors (Lipinski definition) is 4. The zero-order valence-corrected chi connectivity index (χ0v) is 26.1. The molecular formula is C36H38B2N6. The van der Waals surface area contributed by atoms with Gasteiger partial charge >= 0.3 is 0 Å². The SMILES string of the molecule is CC.[2HH].[2HH].[B]c1cc(-c2ccc(C(C)C)cc2)c2c(C#N)cnn2c1.[B]c1cc(-c2ccc(C(C)C)cc2)c2c(C#N)cnn2c1. The van der Waals surface area contributed by atoms with Crippen molar-refractivity contribution in [1.82, 2.24) is 19.2 Å². The van der Waals surface area contributed by atoms with Crippen LogP contribution in [0.1, 0.15) is 78.5 Å². The van der Waals surface area contributed by atoms with E-state index in [1.807, 2.05) is 26.0 Å². The second-order valence-corrected chi connectivity index (χ2v) is 10.9. The number of benzene rings is 2. The summed E-state index contributed by atoms with van der Waals surface area (Å²) in [6.45, 7) is 12.7. The highest BCUT2D eigenvalue weighted by Gasteiger charge is 2.13. The second-order valence-electron chi connectivity index (χ2n) is 10.9. The Morgan fingerprint density at radius 3 is 1.27 bits per heavy atom. The summed E-state index contributed by atoms with van der Waals surface area (Å²) in [6, 6.07) is 24.9. The van der Waals surface area contributed by atoms with Gasteiger partial charge in [0.2, 0.25) is 0 Å². The van der Waals surface area contributed by atoms with Crippen molar-refractivity contribution in [3.8, 4) is 34.4 Å². The average Bonchev–Trinajstić information content (AvgIpc) is 3.65. The zero-order chi connectivity index (χ0) is 32.0. The van der Waals surface area contributed by atoms with Crippen molar-refractivity contribution in [2.24, 2.45) is 0 Å². The van der Waals surface area contributed by atoms with Gasteiger partial charge in [0.15, 0.2) is 0 Å². The summed E-state index contributed by atoms with van der Waals surface area (Å²) in [5, 5.41) is 26.9. The quantitative estimate of drug-likeness (QED) is 0.209. The van der Waals surface area contributed by atoms with Crippen molar-refractivity contribution < 1.29 is 2.85 Å². The number of aromatic nitrogens is 4. The Kier molecular flexibility index (Phi) is 10.1. The number of hydrogen-bond donors (Lipinski definition) is 0. The molecule has 6 rings (SSSR count). The predicted molar refractivity (Wildman–Crippen MR) is 185 cm³/mol. The van der Waals surface area contributed by atoms with Crippen LogP contribution in [0.4, 0.5) is 0 Å². The molecule has 2 aromatic carbocycles. The smallest absolute Gasteiger partial charge is 0.115 e. The summed E-state index contributed by atoms with van der Waals surface area (Å²) in [4.78, 5) is 0. The molecule has 0 bridgehead atoms. The van der Waals surface area contributed by atoms with E-state index >= 15 is 0 Å². The van der Waals surface area contributed by atoms with E-state index in [0.29, 0.717) is 33.9 Å². The summed E-state index contributed by atoms with van der Waals surface area (Å²) in [5.74, 6) is 0.981. The Morgan fingerprint density at radius 2 is 0.977 bits per heavy atom. The van der Waals surface area contributed by atoms with Crippen LogP contribution in [0.2, 0.25) is 0 Å². The van der Waals surface area contributed by atoms with Gasteiger partial charge in [-0.2, -0.15) is 20.7 Å². The molecule has 0 fully saturated rings. The second kappa shape index (κ2) is 13.9. The predicted octanol–water partition coefficient (Wildman–Crippen LogP) is 7.10. The summed E-state index contributed by atoms with van der Waals surface area (Å²) < 4.78 is 3.33. The Balaban J connectivity index is 0.000000292. The van der Waals surface area contributed by atoms with Crippen LogP contribution in [0.5, 0.6) is 0 Å². The fourth-order valence-corrected chi connectivity index (χ4v) is 4.98. The average molecular weight is 578 g/mol. The van der Waals surface area contributed by atoms with Crippen LogP contribution in [-0.2, 0) is 0 Å². The van der Waals surface area contributed by atoms with Gasteiger partial charge in [-0.25, -0.2) is 9.03 Å². The zero-order valence-electron chi connectivity index (χ0n) is 26.1. The van der Waals surface area contributed by atoms with Crippen molar-refractivity contribution in [2.75, 3.05) is 0 Å². The highest BCUT2D eigenvalue weighted by molar-refractivity contribution is 6.33. The molecule has 0 unspecified atom stereocenters. The maximum absolute atomic E-state index is 9.25. The molecule has 0 aliphatic heterocycles. The lowest BCUT2D eigenvalue weighted by Crippen LogP contribution is -2.07. The van der Waals surface area contributed by atoms with Crippen LogP contribution >= 0.6 is 0 Å². The summed E-state index contributed by atoms with van der Waals surface area (Å²) in [6.07, 6.45) is 6.59. The van der Waals surface area contributed by atoms with Crippen LogP contribution in [0.3, 0.4) is 0 Å². The van der Waals surface area contributed by atoms with Gasteiger partial charge in [0.05, 0.1) is 34.6 Å². The minimum Gasteiger partial charge on any atom is -0.240 e. The Labute approximate surface area is 265 Å². The van der Waals surface area contributed by atoms with Gasteiger partial charge in [-0.3, -0.25) is 0 Å². The molecule has 8 heteroatoms. The first kappa shape index (κ1) is 31.9. The number of fused-ring (bicyclic) bond motifs is 2. The molecule has 6 nitrogen and oxygen atoms in total. The third-order valence-corrected chi connectivity index (χ3v) is 7.28. The maximum atomic E-state index is 9.25. The van der Waals surface area contributed by atoms with Crippen LogP contribution in [-0.4, -0.2) is 34.9 Å². The normalized spacial score (nSPS) is 10.6. The van der Waals surface area contributed by atoms with Crippen molar-refractivity contribution in [2.45, 2.75) is 53.4 Å². The maximum Gasteiger partial charge on any atom is 0.115 e. The molecule has 4 heterocycles. The number of nitrogens with zero attached hydrogens (tertiary/aromatic N) is 6. The molecule has 6 aromatic rings. The van der Waals surface area contributed by atoms with Gasteiger partial charge in [-0.15, -0.1) is 0 Å². The Bertz CT molecular complexity index is 1840. The van der Waals surface area contributed by atoms with Gasteiger partial charge in [-0.1, -0.05) is 113 Å². The summed E-state index contributed by atoms with van der Waals surface area (Å²) in [7, 11) is 11.9. The lowest BCUT2D eigenvalue weighted by Gasteiger charge is -2.10. The van der Waals surface area contributed by atoms with Gasteiger partial charge in [0, 0.05) is 26.4 Å². The molecule has 4 aromatic heterocycles. The van der Waals surface area contributed by atoms with Crippen LogP contribution < -0.4 is 10.9 Å². The minimum atomic E-state index is 0. The van der Waals surface area contributed by atoms with E-state index in [-0.39, 0.29) is 2.85 Å². The number of nitriles is 2. The van der Waals surface area contributed by atoms with Crippen LogP contribution in [0, 0.1) is 22.7 Å². The molecule has 0 spiro atoms. The monoisotopic (exact) mass is 578 g/mol. The number of rotatable bonds is 4. The molecule has 0 amide bonds. The van der Waals surface area contributed by atoms with E-state index < -0.39 is 0 Å². The van der Waals surface area contributed by atoms with Crippen molar-refractivity contribution in [3.63, 3.8) is 0 Å². The molecule has 44 heavy (non-hydrogen) atoms. The van der Waals surface area contributed by atoms with E-state index in [0.717, 1.165) is 33.3 Å².